The number of carbonyl (C=O) groups excluding carboxylic acids is 1. The molecule has 2 amide bonds. The van der Waals surface area contributed by atoms with Crippen molar-refractivity contribution < 1.29 is 27.9 Å². The Bertz CT molecular complexity index is 1560. The highest BCUT2D eigenvalue weighted by molar-refractivity contribution is 6.04. The molecular formula is C27H23F3N8O3. The quantitative estimate of drug-likeness (QED) is 0.303. The molecule has 1 aliphatic heterocycles. The molecule has 0 aliphatic carbocycles. The summed E-state index contributed by atoms with van der Waals surface area (Å²) < 4.78 is 39.6. The third kappa shape index (κ3) is 6.66. The third-order valence-electron chi connectivity index (χ3n) is 6.27. The number of rotatable bonds is 6. The van der Waals surface area contributed by atoms with Gasteiger partial charge in [-0.1, -0.05) is 6.07 Å². The molecule has 14 heteroatoms. The molecule has 11 nitrogen and oxygen atoms in total. The van der Waals surface area contributed by atoms with Gasteiger partial charge in [-0.2, -0.15) is 13.2 Å². The number of hydrogen-bond donors (Lipinski definition) is 3. The minimum atomic E-state index is -4.59. The van der Waals surface area contributed by atoms with Gasteiger partial charge in [-0.15, -0.1) is 0 Å². The summed E-state index contributed by atoms with van der Waals surface area (Å²) in [5.41, 5.74) is 0.267. The maximum Gasteiger partial charge on any atom is 0.416 e. The number of carbonyl (C=O) groups is 2. The maximum absolute atomic E-state index is 13.2. The molecule has 3 N–H and O–H groups in total. The molecular weight excluding hydrogens is 541 g/mol. The first-order valence-corrected chi connectivity index (χ1v) is 12.4. The fourth-order valence-electron chi connectivity index (χ4n) is 4.23. The minimum Gasteiger partial charge on any atom is -0.465 e. The summed E-state index contributed by atoms with van der Waals surface area (Å²) in [6.45, 7) is 1.59. The molecule has 0 spiro atoms. The van der Waals surface area contributed by atoms with Gasteiger partial charge in [-0.3, -0.25) is 9.78 Å². The number of benzene rings is 1. The zero-order valence-corrected chi connectivity index (χ0v) is 21.3. The van der Waals surface area contributed by atoms with E-state index in [1.54, 1.807) is 24.4 Å². The van der Waals surface area contributed by atoms with Gasteiger partial charge >= 0.3 is 12.3 Å². The molecule has 1 saturated heterocycles. The second kappa shape index (κ2) is 11.5. The van der Waals surface area contributed by atoms with E-state index >= 15 is 0 Å². The van der Waals surface area contributed by atoms with Crippen molar-refractivity contribution in [3.8, 4) is 11.3 Å². The highest BCUT2D eigenvalue weighted by atomic mass is 19.4. The largest absolute Gasteiger partial charge is 0.465 e. The molecule has 0 unspecified atom stereocenters. The number of aromatic nitrogens is 4. The van der Waals surface area contributed by atoms with Crippen LogP contribution in [0.3, 0.4) is 0 Å². The maximum atomic E-state index is 13.2. The van der Waals surface area contributed by atoms with Gasteiger partial charge in [0, 0.05) is 67.7 Å². The van der Waals surface area contributed by atoms with Crippen LogP contribution in [0, 0.1) is 0 Å². The summed E-state index contributed by atoms with van der Waals surface area (Å²) in [6.07, 6.45) is 0.512. The Labute approximate surface area is 231 Å². The van der Waals surface area contributed by atoms with E-state index in [1.165, 1.54) is 41.7 Å². The van der Waals surface area contributed by atoms with Crippen molar-refractivity contribution in [1.82, 2.24) is 24.8 Å². The Morgan fingerprint density at radius 1 is 0.902 bits per heavy atom. The Hall–Kier alpha value is -5.27. The molecule has 1 fully saturated rings. The zero-order valence-electron chi connectivity index (χ0n) is 21.3. The number of halogens is 3. The van der Waals surface area contributed by atoms with Crippen LogP contribution < -0.4 is 15.5 Å². The number of nitrogens with zero attached hydrogens (tertiary/aromatic N) is 6. The van der Waals surface area contributed by atoms with Crippen LogP contribution in [0.5, 0.6) is 0 Å². The van der Waals surface area contributed by atoms with Gasteiger partial charge < -0.3 is 25.5 Å². The fourth-order valence-corrected chi connectivity index (χ4v) is 4.23. The second-order valence-electron chi connectivity index (χ2n) is 9.03. The van der Waals surface area contributed by atoms with Crippen molar-refractivity contribution in [1.29, 1.82) is 0 Å². The van der Waals surface area contributed by atoms with Gasteiger partial charge in [-0.25, -0.2) is 19.7 Å². The van der Waals surface area contributed by atoms with Gasteiger partial charge in [-0.05, 0) is 36.4 Å². The van der Waals surface area contributed by atoms with Crippen LogP contribution in [0.15, 0.2) is 73.3 Å². The topological polar surface area (TPSA) is 136 Å². The lowest BCUT2D eigenvalue weighted by Crippen LogP contribution is -2.48. The van der Waals surface area contributed by atoms with Gasteiger partial charge in [0.1, 0.15) is 17.5 Å². The Morgan fingerprint density at radius 3 is 2.41 bits per heavy atom. The number of nitrogens with one attached hydrogen (secondary N) is 2. The Morgan fingerprint density at radius 2 is 1.71 bits per heavy atom. The number of anilines is 4. The van der Waals surface area contributed by atoms with Gasteiger partial charge in [0.2, 0.25) is 0 Å². The molecule has 4 heterocycles. The molecule has 5 rings (SSSR count). The second-order valence-corrected chi connectivity index (χ2v) is 9.03. The average Bonchev–Trinajstić information content (AvgIpc) is 2.97. The first kappa shape index (κ1) is 27.3. The van der Waals surface area contributed by atoms with Crippen LogP contribution >= 0.6 is 0 Å². The van der Waals surface area contributed by atoms with Crippen molar-refractivity contribution in [2.45, 2.75) is 6.18 Å². The van der Waals surface area contributed by atoms with Crippen molar-refractivity contribution >= 4 is 35.1 Å². The predicted octanol–water partition coefficient (Wildman–Crippen LogP) is 4.75. The fraction of sp³-hybridized carbons (Fsp3) is 0.185. The lowest BCUT2D eigenvalue weighted by molar-refractivity contribution is -0.137. The average molecular weight is 565 g/mol. The summed E-state index contributed by atoms with van der Waals surface area (Å²) >= 11 is 0. The number of hydrogen-bond acceptors (Lipinski definition) is 8. The van der Waals surface area contributed by atoms with E-state index in [0.29, 0.717) is 54.9 Å². The van der Waals surface area contributed by atoms with Crippen LogP contribution in [-0.2, 0) is 6.18 Å². The van der Waals surface area contributed by atoms with Crippen LogP contribution in [-0.4, -0.2) is 68.1 Å². The molecule has 210 valence electrons. The summed E-state index contributed by atoms with van der Waals surface area (Å²) in [7, 11) is 0. The smallest absolute Gasteiger partial charge is 0.416 e. The normalized spacial score (nSPS) is 13.5. The van der Waals surface area contributed by atoms with E-state index in [9.17, 15) is 27.9 Å². The molecule has 3 aromatic heterocycles. The van der Waals surface area contributed by atoms with Gasteiger partial charge in [0.15, 0.2) is 0 Å². The predicted molar refractivity (Wildman–Crippen MR) is 144 cm³/mol. The Kier molecular flexibility index (Phi) is 7.63. The molecule has 0 radical (unpaired) electrons. The molecule has 1 aliphatic rings. The first-order valence-electron chi connectivity index (χ1n) is 12.4. The number of pyridine rings is 2. The van der Waals surface area contributed by atoms with Crippen molar-refractivity contribution in [2.75, 3.05) is 41.7 Å². The van der Waals surface area contributed by atoms with Crippen molar-refractivity contribution in [2.24, 2.45) is 0 Å². The number of carboxylic acid groups (broad SMARTS) is 1. The van der Waals surface area contributed by atoms with E-state index in [0.717, 1.165) is 12.1 Å². The van der Waals surface area contributed by atoms with E-state index in [-0.39, 0.29) is 11.3 Å². The summed E-state index contributed by atoms with van der Waals surface area (Å²) in [5.74, 6) is 0.580. The molecule has 41 heavy (non-hydrogen) atoms. The first-order chi connectivity index (χ1) is 19.7. The van der Waals surface area contributed by atoms with Crippen LogP contribution in [0.25, 0.3) is 11.3 Å². The highest BCUT2D eigenvalue weighted by Crippen LogP contribution is 2.31. The lowest BCUT2D eigenvalue weighted by Gasteiger charge is -2.33. The van der Waals surface area contributed by atoms with Crippen LogP contribution in [0.1, 0.15) is 15.9 Å². The molecule has 0 saturated carbocycles. The summed E-state index contributed by atoms with van der Waals surface area (Å²) in [6, 6.07) is 10.8. The molecule has 0 atom stereocenters. The van der Waals surface area contributed by atoms with E-state index in [4.69, 9.17) is 0 Å². The summed E-state index contributed by atoms with van der Waals surface area (Å²) in [4.78, 5) is 44.7. The van der Waals surface area contributed by atoms with Crippen molar-refractivity contribution in [3.05, 3.63) is 84.4 Å². The number of piperazine rings is 1. The SMILES string of the molecule is O=C(Nc1cc(Nc2cnccn2)nc(-c2ccnc(N3CCN(C(=O)O)CC3)c2)c1)c1cccc(C(F)(F)F)c1. The Balaban J connectivity index is 1.45. The molecule has 4 aromatic rings. The van der Waals surface area contributed by atoms with E-state index in [2.05, 4.69) is 30.6 Å². The highest BCUT2D eigenvalue weighted by Gasteiger charge is 2.31. The lowest BCUT2D eigenvalue weighted by atomic mass is 10.1. The zero-order chi connectivity index (χ0) is 29.0. The monoisotopic (exact) mass is 564 g/mol. The van der Waals surface area contributed by atoms with Gasteiger partial charge in [0.05, 0.1) is 17.5 Å². The van der Waals surface area contributed by atoms with Crippen LogP contribution in [0.4, 0.5) is 41.1 Å². The molecule has 1 aromatic carbocycles. The minimum absolute atomic E-state index is 0.159. The standard InChI is InChI=1S/C27H23F3N8O3/c28-27(29,30)19-3-1-2-18(12-19)25(39)34-20-14-21(35-22(15-20)36-23-16-31-6-7-32-23)17-4-5-33-24(13-17)37-8-10-38(11-9-37)26(40)41/h1-7,12-16H,8-11H2,(H,40,41)(H2,32,34,35,36,39). The number of amides is 2. The van der Waals surface area contributed by atoms with E-state index in [1.807, 2.05) is 4.90 Å². The van der Waals surface area contributed by atoms with Crippen LogP contribution in [0.2, 0.25) is 0 Å². The number of alkyl halides is 3. The van der Waals surface area contributed by atoms with E-state index < -0.39 is 23.7 Å². The third-order valence-corrected chi connectivity index (χ3v) is 6.27. The van der Waals surface area contributed by atoms with Gasteiger partial charge in [0.25, 0.3) is 5.91 Å². The van der Waals surface area contributed by atoms with Crippen molar-refractivity contribution in [3.63, 3.8) is 0 Å². The summed E-state index contributed by atoms with van der Waals surface area (Å²) in [5, 5.41) is 14.9. The molecule has 0 bridgehead atoms.